The number of carbonyl (C=O) groups is 1. The number of hydrogen-bond donors (Lipinski definition) is 2. The SMILES string of the molecule is CCC(C)C(N)C(=O)NCc1ccccc1CN(C)C(C)C. The topological polar surface area (TPSA) is 58.4 Å². The first kappa shape index (κ1) is 18.7. The van der Waals surface area contributed by atoms with Gasteiger partial charge in [0.2, 0.25) is 5.91 Å². The van der Waals surface area contributed by atoms with Crippen molar-refractivity contribution in [3.63, 3.8) is 0 Å². The molecular weight excluding hydrogens is 274 g/mol. The first-order valence-electron chi connectivity index (χ1n) is 8.17. The second-order valence-electron chi connectivity index (χ2n) is 6.41. The lowest BCUT2D eigenvalue weighted by Crippen LogP contribution is -2.44. The van der Waals surface area contributed by atoms with Crippen LogP contribution in [0.25, 0.3) is 0 Å². The Morgan fingerprint density at radius 1 is 1.23 bits per heavy atom. The average molecular weight is 305 g/mol. The molecule has 1 amide bonds. The maximum absolute atomic E-state index is 12.1. The van der Waals surface area contributed by atoms with E-state index in [0.29, 0.717) is 12.6 Å². The summed E-state index contributed by atoms with van der Waals surface area (Å²) in [7, 11) is 2.11. The van der Waals surface area contributed by atoms with E-state index in [9.17, 15) is 4.79 Å². The van der Waals surface area contributed by atoms with Gasteiger partial charge in [0.15, 0.2) is 0 Å². The second kappa shape index (κ2) is 8.91. The number of rotatable bonds is 8. The van der Waals surface area contributed by atoms with Gasteiger partial charge in [-0.2, -0.15) is 0 Å². The summed E-state index contributed by atoms with van der Waals surface area (Å²) in [6, 6.07) is 8.29. The summed E-state index contributed by atoms with van der Waals surface area (Å²) in [6.45, 7) is 9.82. The molecule has 2 atom stereocenters. The minimum Gasteiger partial charge on any atom is -0.351 e. The Bertz CT molecular complexity index is 473. The van der Waals surface area contributed by atoms with Crippen LogP contribution in [-0.4, -0.2) is 29.9 Å². The molecule has 22 heavy (non-hydrogen) atoms. The molecule has 0 fully saturated rings. The maximum Gasteiger partial charge on any atom is 0.237 e. The molecule has 4 nitrogen and oxygen atoms in total. The van der Waals surface area contributed by atoms with Crippen LogP contribution in [0, 0.1) is 5.92 Å². The molecule has 0 heterocycles. The van der Waals surface area contributed by atoms with Gasteiger partial charge < -0.3 is 11.1 Å². The predicted molar refractivity (Wildman–Crippen MR) is 92.3 cm³/mol. The highest BCUT2D eigenvalue weighted by Gasteiger charge is 2.19. The third-order valence-electron chi connectivity index (χ3n) is 4.43. The number of hydrogen-bond acceptors (Lipinski definition) is 3. The van der Waals surface area contributed by atoms with Crippen molar-refractivity contribution in [1.29, 1.82) is 0 Å². The van der Waals surface area contributed by atoms with Gasteiger partial charge in [-0.05, 0) is 37.9 Å². The lowest BCUT2D eigenvalue weighted by molar-refractivity contribution is -0.123. The average Bonchev–Trinajstić information content (AvgIpc) is 2.51. The summed E-state index contributed by atoms with van der Waals surface area (Å²) in [5.74, 6) is 0.128. The third-order valence-corrected chi connectivity index (χ3v) is 4.43. The number of carbonyl (C=O) groups excluding carboxylic acids is 1. The molecule has 0 radical (unpaired) electrons. The minimum atomic E-state index is -0.435. The molecule has 0 saturated heterocycles. The third kappa shape index (κ3) is 5.43. The quantitative estimate of drug-likeness (QED) is 0.776. The molecule has 1 rings (SSSR count). The van der Waals surface area contributed by atoms with E-state index in [1.165, 1.54) is 5.56 Å². The molecule has 0 aromatic heterocycles. The van der Waals surface area contributed by atoms with Crippen LogP contribution in [0.5, 0.6) is 0 Å². The molecule has 0 spiro atoms. The largest absolute Gasteiger partial charge is 0.351 e. The summed E-state index contributed by atoms with van der Waals surface area (Å²) < 4.78 is 0. The van der Waals surface area contributed by atoms with Gasteiger partial charge in [0.1, 0.15) is 0 Å². The van der Waals surface area contributed by atoms with Gasteiger partial charge in [-0.25, -0.2) is 0 Å². The Hall–Kier alpha value is -1.39. The molecule has 1 aromatic carbocycles. The number of nitrogens with zero attached hydrogens (tertiary/aromatic N) is 1. The van der Waals surface area contributed by atoms with Crippen LogP contribution in [0.15, 0.2) is 24.3 Å². The van der Waals surface area contributed by atoms with E-state index in [1.807, 2.05) is 19.1 Å². The normalized spacial score (nSPS) is 14.2. The van der Waals surface area contributed by atoms with Crippen molar-refractivity contribution < 1.29 is 4.79 Å². The van der Waals surface area contributed by atoms with Gasteiger partial charge in [-0.3, -0.25) is 9.69 Å². The number of nitrogens with two attached hydrogens (primary N) is 1. The van der Waals surface area contributed by atoms with Gasteiger partial charge in [0.05, 0.1) is 6.04 Å². The summed E-state index contributed by atoms with van der Waals surface area (Å²) in [4.78, 5) is 14.4. The number of benzene rings is 1. The van der Waals surface area contributed by atoms with Gasteiger partial charge in [-0.15, -0.1) is 0 Å². The Labute approximate surface area is 135 Å². The van der Waals surface area contributed by atoms with Gasteiger partial charge in [-0.1, -0.05) is 44.5 Å². The number of nitrogens with one attached hydrogen (secondary N) is 1. The van der Waals surface area contributed by atoms with Gasteiger partial charge in [0, 0.05) is 19.1 Å². The summed E-state index contributed by atoms with van der Waals surface area (Å²) >= 11 is 0. The maximum atomic E-state index is 12.1. The molecule has 0 aliphatic heterocycles. The van der Waals surface area contributed by atoms with Crippen molar-refractivity contribution >= 4 is 5.91 Å². The van der Waals surface area contributed by atoms with Crippen LogP contribution in [0.2, 0.25) is 0 Å². The van der Waals surface area contributed by atoms with Crippen LogP contribution in [0.3, 0.4) is 0 Å². The summed E-state index contributed by atoms with van der Waals surface area (Å²) in [5.41, 5.74) is 8.37. The smallest absolute Gasteiger partial charge is 0.237 e. The molecule has 3 N–H and O–H groups in total. The van der Waals surface area contributed by atoms with E-state index in [1.54, 1.807) is 0 Å². The van der Waals surface area contributed by atoms with E-state index in [4.69, 9.17) is 5.73 Å². The molecule has 0 saturated carbocycles. The number of amides is 1. The van der Waals surface area contributed by atoms with Crippen molar-refractivity contribution in [1.82, 2.24) is 10.2 Å². The molecule has 2 unspecified atom stereocenters. The fourth-order valence-electron chi connectivity index (χ4n) is 2.15. The van der Waals surface area contributed by atoms with Crippen LogP contribution < -0.4 is 11.1 Å². The van der Waals surface area contributed by atoms with E-state index < -0.39 is 6.04 Å². The molecule has 4 heteroatoms. The van der Waals surface area contributed by atoms with E-state index in [2.05, 4.69) is 50.2 Å². The van der Waals surface area contributed by atoms with E-state index in [0.717, 1.165) is 18.5 Å². The van der Waals surface area contributed by atoms with Crippen LogP contribution in [0.4, 0.5) is 0 Å². The Morgan fingerprint density at radius 2 is 1.82 bits per heavy atom. The molecule has 0 aliphatic rings. The zero-order chi connectivity index (χ0) is 16.7. The lowest BCUT2D eigenvalue weighted by Gasteiger charge is -2.23. The highest BCUT2D eigenvalue weighted by molar-refractivity contribution is 5.81. The Kier molecular flexibility index (Phi) is 7.56. The van der Waals surface area contributed by atoms with Crippen molar-refractivity contribution in [3.05, 3.63) is 35.4 Å². The predicted octanol–water partition coefficient (Wildman–Crippen LogP) is 2.52. The van der Waals surface area contributed by atoms with Crippen molar-refractivity contribution in [3.8, 4) is 0 Å². The van der Waals surface area contributed by atoms with Gasteiger partial charge in [0.25, 0.3) is 0 Å². The fraction of sp³-hybridized carbons (Fsp3) is 0.611. The fourth-order valence-corrected chi connectivity index (χ4v) is 2.15. The molecular formula is C18H31N3O. The van der Waals surface area contributed by atoms with Crippen molar-refractivity contribution in [2.75, 3.05) is 7.05 Å². The highest BCUT2D eigenvalue weighted by Crippen LogP contribution is 2.13. The standard InChI is InChI=1S/C18H31N3O/c1-6-14(4)17(19)18(22)20-11-15-9-7-8-10-16(15)12-21(5)13(2)3/h7-10,13-14,17H,6,11-12,19H2,1-5H3,(H,20,22). The summed E-state index contributed by atoms with van der Waals surface area (Å²) in [6.07, 6.45) is 0.907. The van der Waals surface area contributed by atoms with Gasteiger partial charge >= 0.3 is 0 Å². The van der Waals surface area contributed by atoms with Crippen LogP contribution >= 0.6 is 0 Å². The summed E-state index contributed by atoms with van der Waals surface area (Å²) in [5, 5.41) is 2.97. The van der Waals surface area contributed by atoms with Crippen molar-refractivity contribution in [2.45, 2.75) is 59.3 Å². The first-order valence-corrected chi connectivity index (χ1v) is 8.17. The zero-order valence-corrected chi connectivity index (χ0v) is 14.6. The van der Waals surface area contributed by atoms with E-state index in [-0.39, 0.29) is 11.8 Å². The molecule has 0 aliphatic carbocycles. The lowest BCUT2D eigenvalue weighted by atomic mass is 9.99. The Morgan fingerprint density at radius 3 is 2.36 bits per heavy atom. The highest BCUT2D eigenvalue weighted by atomic mass is 16.2. The zero-order valence-electron chi connectivity index (χ0n) is 14.6. The Balaban J connectivity index is 2.68. The van der Waals surface area contributed by atoms with Crippen molar-refractivity contribution in [2.24, 2.45) is 11.7 Å². The molecule has 124 valence electrons. The van der Waals surface area contributed by atoms with E-state index >= 15 is 0 Å². The second-order valence-corrected chi connectivity index (χ2v) is 6.41. The van der Waals surface area contributed by atoms with Crippen LogP contribution in [0.1, 0.15) is 45.2 Å². The minimum absolute atomic E-state index is 0.0682. The molecule has 1 aromatic rings. The first-order chi connectivity index (χ1) is 10.4. The molecule has 0 bridgehead atoms. The van der Waals surface area contributed by atoms with Crippen LogP contribution in [-0.2, 0) is 17.9 Å². The monoisotopic (exact) mass is 305 g/mol.